The molecule has 0 saturated heterocycles. The lowest BCUT2D eigenvalue weighted by Crippen LogP contribution is -2.18. The van der Waals surface area contributed by atoms with Crippen molar-refractivity contribution in [3.63, 3.8) is 0 Å². The van der Waals surface area contributed by atoms with Gasteiger partial charge in [-0.15, -0.1) is 0 Å². The zero-order valence-corrected chi connectivity index (χ0v) is 15.6. The van der Waals surface area contributed by atoms with Crippen molar-refractivity contribution in [1.82, 2.24) is 20.4 Å². The van der Waals surface area contributed by atoms with Gasteiger partial charge in [0.15, 0.2) is 0 Å². The summed E-state index contributed by atoms with van der Waals surface area (Å²) in [7, 11) is 1.93. The summed E-state index contributed by atoms with van der Waals surface area (Å²) in [4.78, 5) is 10.5. The molecule has 0 radical (unpaired) electrons. The predicted octanol–water partition coefficient (Wildman–Crippen LogP) is 2.11. The monoisotopic (exact) mass is 368 g/mol. The third kappa shape index (κ3) is 5.29. The van der Waals surface area contributed by atoms with Crippen LogP contribution in [0.2, 0.25) is 0 Å². The van der Waals surface area contributed by atoms with Gasteiger partial charge in [-0.3, -0.25) is 10.2 Å². The largest absolute Gasteiger partial charge is 0.489 e. The summed E-state index contributed by atoms with van der Waals surface area (Å²) in [6.07, 6.45) is 3.73. The summed E-state index contributed by atoms with van der Waals surface area (Å²) in [5.41, 5.74) is 7.21. The smallest absolute Gasteiger partial charge is 0.221 e. The van der Waals surface area contributed by atoms with E-state index in [2.05, 4.69) is 40.4 Å². The Morgan fingerprint density at radius 1 is 1.15 bits per heavy atom. The van der Waals surface area contributed by atoms with Crippen LogP contribution in [0, 0.1) is 13.8 Å². The van der Waals surface area contributed by atoms with Gasteiger partial charge in [-0.05, 0) is 49.2 Å². The molecule has 0 unspecified atom stereocenters. The van der Waals surface area contributed by atoms with Crippen molar-refractivity contribution in [2.24, 2.45) is 5.84 Å². The molecule has 0 spiro atoms. The molecule has 3 rings (SSSR count). The fourth-order valence-electron chi connectivity index (χ4n) is 2.55. The Bertz CT molecular complexity index is 865. The first-order valence-electron chi connectivity index (χ1n) is 8.36. The Hall–Kier alpha value is -3.39. The van der Waals surface area contributed by atoms with Gasteiger partial charge in [0.25, 0.3) is 0 Å². The van der Waals surface area contributed by atoms with Crippen molar-refractivity contribution < 1.29 is 9.53 Å². The van der Waals surface area contributed by atoms with Crippen LogP contribution in [0.4, 0.5) is 5.69 Å². The molecule has 1 amide bonds. The minimum absolute atomic E-state index is 0.403. The highest BCUT2D eigenvalue weighted by Gasteiger charge is 2.08. The van der Waals surface area contributed by atoms with Gasteiger partial charge >= 0.3 is 0 Å². The van der Waals surface area contributed by atoms with Gasteiger partial charge in [0.1, 0.15) is 12.4 Å². The highest BCUT2D eigenvalue weighted by Crippen LogP contribution is 2.25. The van der Waals surface area contributed by atoms with Crippen LogP contribution in [0.15, 0.2) is 48.8 Å². The molecule has 4 N–H and O–H groups in total. The van der Waals surface area contributed by atoms with E-state index in [0.29, 0.717) is 13.0 Å². The third-order valence-electron chi connectivity index (χ3n) is 3.93. The number of nitrogens with zero attached hydrogens (tertiary/aromatic N) is 3. The van der Waals surface area contributed by atoms with E-state index in [4.69, 9.17) is 9.53 Å². The van der Waals surface area contributed by atoms with Gasteiger partial charge in [0.05, 0.1) is 18.1 Å². The number of benzene rings is 2. The van der Waals surface area contributed by atoms with Crippen LogP contribution in [-0.4, -0.2) is 28.5 Å². The second-order valence-corrected chi connectivity index (χ2v) is 5.69. The van der Waals surface area contributed by atoms with Crippen molar-refractivity contribution in [3.8, 4) is 11.4 Å². The van der Waals surface area contributed by atoms with Crippen molar-refractivity contribution in [2.75, 3.05) is 12.4 Å². The molecule has 8 heteroatoms. The number of anilines is 1. The van der Waals surface area contributed by atoms with Crippen LogP contribution < -0.4 is 21.3 Å². The van der Waals surface area contributed by atoms with E-state index in [0.717, 1.165) is 22.7 Å². The Labute approximate surface area is 158 Å². The number of ether oxygens (including phenoxy) is 1. The van der Waals surface area contributed by atoms with Crippen LogP contribution in [0.5, 0.6) is 5.75 Å². The van der Waals surface area contributed by atoms with Gasteiger partial charge in [-0.1, -0.05) is 12.1 Å². The quantitative estimate of drug-likeness (QED) is 0.266. The molecule has 0 fully saturated rings. The Morgan fingerprint density at radius 2 is 1.85 bits per heavy atom. The summed E-state index contributed by atoms with van der Waals surface area (Å²) in [5.74, 6) is 5.28. The maximum Gasteiger partial charge on any atom is 0.221 e. The molecule has 0 aliphatic heterocycles. The van der Waals surface area contributed by atoms with Crippen molar-refractivity contribution in [3.05, 3.63) is 65.5 Å². The molecule has 1 heterocycles. The minimum Gasteiger partial charge on any atom is -0.489 e. The number of nitrogens with one attached hydrogen (secondary N) is 2. The first kappa shape index (κ1) is 19.9. The Morgan fingerprint density at radius 3 is 2.44 bits per heavy atom. The third-order valence-corrected chi connectivity index (χ3v) is 3.93. The molecule has 3 aromatic rings. The van der Waals surface area contributed by atoms with Crippen molar-refractivity contribution in [1.29, 1.82) is 0 Å². The van der Waals surface area contributed by atoms with E-state index < -0.39 is 0 Å². The average Bonchev–Trinajstić information content (AvgIpc) is 3.22. The van der Waals surface area contributed by atoms with Gasteiger partial charge < -0.3 is 10.1 Å². The van der Waals surface area contributed by atoms with Crippen LogP contribution in [0.1, 0.15) is 16.7 Å². The van der Waals surface area contributed by atoms with Gasteiger partial charge in [0, 0.05) is 18.3 Å². The molecule has 142 valence electrons. The number of aromatic nitrogens is 3. The highest BCUT2D eigenvalue weighted by molar-refractivity contribution is 5.54. The average molecular weight is 368 g/mol. The van der Waals surface area contributed by atoms with E-state index >= 15 is 0 Å². The molecule has 0 saturated carbocycles. The summed E-state index contributed by atoms with van der Waals surface area (Å²) in [5, 5.41) is 11.5. The van der Waals surface area contributed by atoms with E-state index in [1.54, 1.807) is 22.6 Å². The fourth-order valence-corrected chi connectivity index (χ4v) is 2.55. The lowest BCUT2D eigenvalue weighted by molar-refractivity contribution is -0.109. The molecular weight excluding hydrogens is 344 g/mol. The number of hydrogen-bond acceptors (Lipinski definition) is 6. The van der Waals surface area contributed by atoms with E-state index in [1.165, 1.54) is 11.1 Å². The van der Waals surface area contributed by atoms with Crippen LogP contribution in [0.3, 0.4) is 0 Å². The van der Waals surface area contributed by atoms with Crippen LogP contribution in [-0.2, 0) is 11.4 Å². The maximum absolute atomic E-state index is 8.94. The molecule has 27 heavy (non-hydrogen) atoms. The summed E-state index contributed by atoms with van der Waals surface area (Å²) in [6, 6.07) is 12.1. The number of carbonyl (C=O) groups is 1. The molecule has 1 aromatic heterocycles. The number of aryl methyl sites for hydroxylation is 2. The molecule has 0 bridgehead atoms. The number of hydrazine groups is 1. The topological polar surface area (TPSA) is 107 Å². The first-order valence-corrected chi connectivity index (χ1v) is 8.36. The number of rotatable bonds is 6. The van der Waals surface area contributed by atoms with Crippen molar-refractivity contribution in [2.45, 2.75) is 20.5 Å². The van der Waals surface area contributed by atoms with E-state index in [1.807, 2.05) is 38.2 Å². The van der Waals surface area contributed by atoms with Gasteiger partial charge in [0.2, 0.25) is 6.41 Å². The number of nitrogens with two attached hydrogens (primary N) is 1. The summed E-state index contributed by atoms with van der Waals surface area (Å²) >= 11 is 0. The SMILES string of the molecule is CNc1cccc(C)c1COc1ccc(-n2nccn2)cc1C.NNC=O. The maximum atomic E-state index is 8.94. The fraction of sp³-hybridized carbons (Fsp3) is 0.211. The Balaban J connectivity index is 0.000000596. The number of hydrogen-bond donors (Lipinski definition) is 3. The van der Waals surface area contributed by atoms with E-state index in [9.17, 15) is 0 Å². The predicted molar refractivity (Wildman–Crippen MR) is 105 cm³/mol. The number of carbonyl (C=O) groups excluding carboxylic acids is 1. The second kappa shape index (κ2) is 9.93. The number of amides is 1. The normalized spacial score (nSPS) is 9.78. The molecule has 2 aromatic carbocycles. The van der Waals surface area contributed by atoms with Gasteiger partial charge in [-0.2, -0.15) is 15.0 Å². The molecular formula is C19H24N6O2. The lowest BCUT2D eigenvalue weighted by atomic mass is 10.1. The zero-order chi connectivity index (χ0) is 19.6. The first-order chi connectivity index (χ1) is 13.1. The molecule has 0 atom stereocenters. The minimum atomic E-state index is 0.403. The van der Waals surface area contributed by atoms with Crippen LogP contribution in [0.25, 0.3) is 5.69 Å². The molecule has 0 aliphatic rings. The summed E-state index contributed by atoms with van der Waals surface area (Å²) < 4.78 is 6.03. The molecule has 8 nitrogen and oxygen atoms in total. The Kier molecular flexibility index (Phi) is 7.33. The van der Waals surface area contributed by atoms with Gasteiger partial charge in [-0.25, -0.2) is 5.84 Å². The standard InChI is InChI=1S/C18H20N4O.CH4N2O/c1-13-5-4-6-17(19-3)16(13)12-23-18-8-7-15(11-14(18)2)22-20-9-10-21-22;2-3-1-4/h4-11,19H,12H2,1-3H3;1H,2H2,(H,3,4). The second-order valence-electron chi connectivity index (χ2n) is 5.69. The lowest BCUT2D eigenvalue weighted by Gasteiger charge is -2.15. The zero-order valence-electron chi connectivity index (χ0n) is 15.6. The summed E-state index contributed by atoms with van der Waals surface area (Å²) in [6.45, 7) is 4.65. The highest BCUT2D eigenvalue weighted by atomic mass is 16.5. The van der Waals surface area contributed by atoms with Crippen LogP contribution >= 0.6 is 0 Å². The van der Waals surface area contributed by atoms with E-state index in [-0.39, 0.29) is 0 Å². The van der Waals surface area contributed by atoms with Crippen molar-refractivity contribution >= 4 is 12.1 Å². The molecule has 0 aliphatic carbocycles.